The second-order valence-corrected chi connectivity index (χ2v) is 9.93. The number of rotatable bonds is 7. The van der Waals surface area contributed by atoms with Crippen LogP contribution in [0.5, 0.6) is 0 Å². The number of para-hydroxylation sites is 1. The molecule has 0 spiro atoms. The van der Waals surface area contributed by atoms with Crippen LogP contribution in [0.1, 0.15) is 42.0 Å². The Morgan fingerprint density at radius 2 is 2.00 bits per heavy atom. The molecule has 0 amide bonds. The van der Waals surface area contributed by atoms with Crippen molar-refractivity contribution in [3.8, 4) is 11.4 Å². The summed E-state index contributed by atoms with van der Waals surface area (Å²) in [5, 5.41) is 26.5. The number of non-ortho nitro benzene ring substituents is 1. The van der Waals surface area contributed by atoms with E-state index in [0.717, 1.165) is 34.1 Å². The van der Waals surface area contributed by atoms with E-state index in [2.05, 4.69) is 5.32 Å². The number of nitro groups is 1. The van der Waals surface area contributed by atoms with Crippen molar-refractivity contribution in [3.05, 3.63) is 97.3 Å². The van der Waals surface area contributed by atoms with E-state index in [-0.39, 0.29) is 24.3 Å². The van der Waals surface area contributed by atoms with E-state index >= 15 is 0 Å². The van der Waals surface area contributed by atoms with Gasteiger partial charge in [-0.3, -0.25) is 14.9 Å². The molecule has 0 aliphatic carbocycles. The lowest BCUT2D eigenvalue weighted by atomic mass is 9.86. The number of nitrogens with zero attached hydrogens (tertiary/aromatic N) is 3. The number of anilines is 1. The molecule has 4 heterocycles. The zero-order valence-corrected chi connectivity index (χ0v) is 21.3. The number of aliphatic hydroxyl groups is 1. The number of nitrogens with one attached hydrogen (secondary N) is 1. The van der Waals surface area contributed by atoms with Gasteiger partial charge in [-0.25, -0.2) is 9.78 Å². The molecule has 2 aromatic carbocycles. The lowest BCUT2D eigenvalue weighted by Gasteiger charge is -2.31. The monoisotopic (exact) mass is 526 g/mol. The van der Waals surface area contributed by atoms with Gasteiger partial charge >= 0.3 is 5.97 Å². The highest BCUT2D eigenvalue weighted by atomic mass is 16.6. The van der Waals surface area contributed by atoms with Gasteiger partial charge < -0.3 is 19.7 Å². The van der Waals surface area contributed by atoms with Crippen LogP contribution in [0.15, 0.2) is 59.4 Å². The molecule has 0 bridgehead atoms. The number of esters is 1. The third-order valence-electron chi connectivity index (χ3n) is 7.62. The Morgan fingerprint density at radius 3 is 2.79 bits per heavy atom. The Labute approximate surface area is 223 Å². The van der Waals surface area contributed by atoms with Crippen LogP contribution >= 0.6 is 0 Å². The minimum atomic E-state index is -1.87. The van der Waals surface area contributed by atoms with E-state index in [1.54, 1.807) is 29.7 Å². The Balaban J connectivity index is 1.31. The van der Waals surface area contributed by atoms with Crippen molar-refractivity contribution in [1.29, 1.82) is 0 Å². The van der Waals surface area contributed by atoms with Crippen LogP contribution in [-0.2, 0) is 34.7 Å². The number of pyridine rings is 2. The van der Waals surface area contributed by atoms with Crippen molar-refractivity contribution in [3.63, 3.8) is 0 Å². The number of carbonyl (C=O) groups excluding carboxylic acids is 1. The zero-order valence-electron chi connectivity index (χ0n) is 21.3. The molecule has 2 aromatic heterocycles. The van der Waals surface area contributed by atoms with Gasteiger partial charge in [-0.1, -0.05) is 31.2 Å². The number of benzene rings is 2. The molecule has 4 aromatic rings. The van der Waals surface area contributed by atoms with E-state index < -0.39 is 16.5 Å². The minimum Gasteiger partial charge on any atom is -0.458 e. The number of fused-ring (bicyclic) bond motifs is 5. The van der Waals surface area contributed by atoms with Gasteiger partial charge in [0.05, 0.1) is 39.6 Å². The summed E-state index contributed by atoms with van der Waals surface area (Å²) in [5.74, 6) is -0.747. The molecule has 10 heteroatoms. The lowest BCUT2D eigenvalue weighted by molar-refractivity contribution is -0.384. The van der Waals surface area contributed by atoms with Gasteiger partial charge in [0.1, 0.15) is 6.61 Å². The first-order valence-corrected chi connectivity index (χ1v) is 12.9. The average molecular weight is 527 g/mol. The van der Waals surface area contributed by atoms with Crippen molar-refractivity contribution < 1.29 is 19.6 Å². The Hall–Kier alpha value is -4.57. The van der Waals surface area contributed by atoms with E-state index in [9.17, 15) is 24.8 Å². The summed E-state index contributed by atoms with van der Waals surface area (Å²) in [6.07, 6.45) is 1.54. The number of nitro benzene ring substituents is 1. The smallest absolute Gasteiger partial charge is 0.343 e. The summed E-state index contributed by atoms with van der Waals surface area (Å²) in [6.45, 7) is 2.50. The summed E-state index contributed by atoms with van der Waals surface area (Å²) in [5.41, 5.74) is 3.10. The summed E-state index contributed by atoms with van der Waals surface area (Å²) in [6, 6.07) is 16.2. The van der Waals surface area contributed by atoms with Gasteiger partial charge in [0.15, 0.2) is 5.60 Å². The summed E-state index contributed by atoms with van der Waals surface area (Å²) < 4.78 is 6.76. The number of hydrogen-bond acceptors (Lipinski definition) is 8. The maximum atomic E-state index is 13.4. The van der Waals surface area contributed by atoms with Gasteiger partial charge in [0.25, 0.3) is 11.2 Å². The molecule has 6 rings (SSSR count). The third-order valence-corrected chi connectivity index (χ3v) is 7.62. The summed E-state index contributed by atoms with van der Waals surface area (Å²) >= 11 is 0. The fraction of sp³-hybridized carbons (Fsp3) is 0.276. The van der Waals surface area contributed by atoms with E-state index in [0.29, 0.717) is 42.0 Å². The molecule has 0 saturated heterocycles. The molecule has 10 nitrogen and oxygen atoms in total. The number of aromatic nitrogens is 2. The maximum absolute atomic E-state index is 13.4. The first kappa shape index (κ1) is 24.7. The maximum Gasteiger partial charge on any atom is 0.343 e. The van der Waals surface area contributed by atoms with Crippen molar-refractivity contribution in [2.45, 2.75) is 44.9 Å². The molecule has 2 aliphatic heterocycles. The number of hydrogen-bond donors (Lipinski definition) is 2. The SMILES string of the molecule is CC[C@@]1(O)C(=O)OCc2c1cc1n(c2=O)Cc2cc3cccc(NCCCc4cccc([N+](=O)[O-])c4)c3nc2-1. The van der Waals surface area contributed by atoms with Gasteiger partial charge in [-0.15, -0.1) is 0 Å². The van der Waals surface area contributed by atoms with Crippen molar-refractivity contribution in [2.24, 2.45) is 0 Å². The Kier molecular flexibility index (Phi) is 5.91. The van der Waals surface area contributed by atoms with Gasteiger partial charge in [-0.2, -0.15) is 0 Å². The molecule has 0 fully saturated rings. The third kappa shape index (κ3) is 4.04. The van der Waals surface area contributed by atoms with Crippen LogP contribution in [0.2, 0.25) is 0 Å². The van der Waals surface area contributed by atoms with E-state index in [1.165, 1.54) is 6.07 Å². The van der Waals surface area contributed by atoms with Crippen LogP contribution in [0.25, 0.3) is 22.3 Å². The molecule has 198 valence electrons. The molecule has 2 aliphatic rings. The highest BCUT2D eigenvalue weighted by Gasteiger charge is 2.45. The first-order valence-electron chi connectivity index (χ1n) is 12.9. The van der Waals surface area contributed by atoms with Gasteiger partial charge in [0, 0.05) is 35.2 Å². The van der Waals surface area contributed by atoms with Crippen LogP contribution in [0.4, 0.5) is 11.4 Å². The Morgan fingerprint density at radius 1 is 1.18 bits per heavy atom. The molecule has 0 saturated carbocycles. The van der Waals surface area contributed by atoms with Crippen LogP contribution < -0.4 is 10.9 Å². The van der Waals surface area contributed by atoms with Crippen LogP contribution in [-0.4, -0.2) is 32.1 Å². The van der Waals surface area contributed by atoms with Gasteiger partial charge in [0.2, 0.25) is 0 Å². The molecule has 39 heavy (non-hydrogen) atoms. The van der Waals surface area contributed by atoms with Gasteiger partial charge in [-0.05, 0) is 43.0 Å². The fourth-order valence-corrected chi connectivity index (χ4v) is 5.49. The highest BCUT2D eigenvalue weighted by Crippen LogP contribution is 2.39. The number of ether oxygens (including phenoxy) is 1. The fourth-order valence-electron chi connectivity index (χ4n) is 5.49. The van der Waals surface area contributed by atoms with Crippen LogP contribution in [0.3, 0.4) is 0 Å². The first-order chi connectivity index (χ1) is 18.8. The largest absolute Gasteiger partial charge is 0.458 e. The topological polar surface area (TPSA) is 137 Å². The van der Waals surface area contributed by atoms with E-state index in [1.807, 2.05) is 30.3 Å². The normalized spacial score (nSPS) is 17.3. The summed E-state index contributed by atoms with van der Waals surface area (Å²) in [4.78, 5) is 41.4. The summed E-state index contributed by atoms with van der Waals surface area (Å²) in [7, 11) is 0. The van der Waals surface area contributed by atoms with Crippen molar-refractivity contribution in [2.75, 3.05) is 11.9 Å². The molecule has 1 atom stereocenters. The predicted octanol–water partition coefficient (Wildman–Crippen LogP) is 4.03. The average Bonchev–Trinajstić information content (AvgIpc) is 3.30. The molecule has 0 unspecified atom stereocenters. The minimum absolute atomic E-state index is 0.0856. The predicted molar refractivity (Wildman–Crippen MR) is 144 cm³/mol. The second kappa shape index (κ2) is 9.32. The quantitative estimate of drug-likeness (QED) is 0.140. The molecular weight excluding hydrogens is 500 g/mol. The molecule has 2 N–H and O–H groups in total. The molecular formula is C29H26N4O6. The molecule has 0 radical (unpaired) electrons. The van der Waals surface area contributed by atoms with Crippen molar-refractivity contribution in [1.82, 2.24) is 9.55 Å². The van der Waals surface area contributed by atoms with Crippen molar-refractivity contribution >= 4 is 28.2 Å². The zero-order chi connectivity index (χ0) is 27.3. The van der Waals surface area contributed by atoms with Crippen LogP contribution in [0, 0.1) is 10.1 Å². The standard InChI is InChI=1S/C29H26N4O6/c1-2-29(36)22-14-24-26-19(15-32(24)27(34)21(22)16-39-28(29)35)13-18-8-4-10-23(25(18)31-26)30-11-5-7-17-6-3-9-20(12-17)33(37)38/h3-4,6,8-10,12-14,30,36H,2,5,7,11,15-16H2,1H3/t29-/m0/s1. The number of aryl methyl sites for hydroxylation is 1. The van der Waals surface area contributed by atoms with E-state index in [4.69, 9.17) is 9.72 Å². The highest BCUT2D eigenvalue weighted by molar-refractivity contribution is 5.93. The lowest BCUT2D eigenvalue weighted by Crippen LogP contribution is -2.44. The Bertz CT molecular complexity index is 1730. The second-order valence-electron chi connectivity index (χ2n) is 9.93. The number of cyclic esters (lactones) is 1. The number of carbonyl (C=O) groups is 1.